The van der Waals surface area contributed by atoms with Crippen molar-refractivity contribution < 1.29 is 0 Å². The van der Waals surface area contributed by atoms with Gasteiger partial charge in [0.15, 0.2) is 14.7 Å². The molecule has 0 aromatic heterocycles. The molecule has 120 valence electrons. The van der Waals surface area contributed by atoms with Crippen molar-refractivity contribution in [3.63, 3.8) is 0 Å². The molecule has 4 rings (SSSR count). The first kappa shape index (κ1) is 15.9. The van der Waals surface area contributed by atoms with Gasteiger partial charge < -0.3 is 0 Å². The Labute approximate surface area is 151 Å². The molecule has 0 N–H and O–H groups in total. The molecule has 0 amide bonds. The number of hydrogen-bond acceptors (Lipinski definition) is 1. The Kier molecular flexibility index (Phi) is 4.43. The van der Waals surface area contributed by atoms with E-state index in [1.54, 1.807) is 0 Å². The molecule has 0 fully saturated rings. The van der Waals surface area contributed by atoms with Crippen molar-refractivity contribution >= 4 is 22.7 Å². The molecule has 0 radical (unpaired) electrons. The van der Waals surface area contributed by atoms with Gasteiger partial charge in [-0.15, -0.1) is 0 Å². The topological polar surface area (TPSA) is 0 Å². The van der Waals surface area contributed by atoms with Gasteiger partial charge in [-0.05, 0) is 60.4 Å². The molecule has 0 saturated carbocycles. The molecule has 0 aliphatic carbocycles. The van der Waals surface area contributed by atoms with Crippen LogP contribution in [0.15, 0.2) is 91.2 Å². The van der Waals surface area contributed by atoms with Crippen LogP contribution in [0.5, 0.6) is 0 Å². The lowest BCUT2D eigenvalue weighted by Gasteiger charge is -2.19. The first-order chi connectivity index (χ1) is 11.8. The Morgan fingerprint density at radius 1 is 0.708 bits per heavy atom. The maximum absolute atomic E-state index is 2.45. The monoisotopic (exact) mass is 349 g/mol. The molecular weight excluding hydrogens is 328 g/mol. The van der Waals surface area contributed by atoms with Crippen LogP contribution in [0.3, 0.4) is 0 Å². The highest BCUT2D eigenvalue weighted by Crippen LogP contribution is 2.48. The third-order valence-corrected chi connectivity index (χ3v) is 8.26. The van der Waals surface area contributed by atoms with Crippen molar-refractivity contribution in [2.45, 2.75) is 51.2 Å². The summed E-state index contributed by atoms with van der Waals surface area (Å²) in [7, 11) is -0.000888. The molecule has 1 heterocycles. The highest BCUT2D eigenvalue weighted by atomic mass is 32.2. The second-order valence-corrected chi connectivity index (χ2v) is 8.99. The second kappa shape index (κ2) is 6.70. The second-order valence-electron chi connectivity index (χ2n) is 5.94. The minimum atomic E-state index is -0.000888. The van der Waals surface area contributed by atoms with Crippen molar-refractivity contribution in [1.29, 1.82) is 0 Å². The fourth-order valence-corrected chi connectivity index (χ4v) is 7.09. The summed E-state index contributed by atoms with van der Waals surface area (Å²) in [4.78, 5) is 7.18. The lowest BCUT2D eigenvalue weighted by Crippen LogP contribution is -2.11. The highest BCUT2D eigenvalue weighted by Gasteiger charge is 2.37. The number of fused-ring (bicyclic) bond motifs is 2. The zero-order valence-electron chi connectivity index (χ0n) is 14.1. The lowest BCUT2D eigenvalue weighted by atomic mass is 10.0. The molecule has 1 aliphatic heterocycles. The Morgan fingerprint density at radius 3 is 1.88 bits per heavy atom. The first-order valence-corrected chi connectivity index (χ1v) is 10.6. The molecule has 3 aromatic carbocycles. The summed E-state index contributed by atoms with van der Waals surface area (Å²) in [5.41, 5.74) is 2.98. The molecule has 0 atom stereocenters. The quantitative estimate of drug-likeness (QED) is 0.387. The Morgan fingerprint density at radius 2 is 1.29 bits per heavy atom. The van der Waals surface area contributed by atoms with E-state index in [2.05, 4.69) is 80.6 Å². The predicted molar refractivity (Wildman–Crippen MR) is 104 cm³/mol. The SMILES string of the molecule is CCc1ccc([S+]2c3ccccc3Sc3ccccc32)cc1CC. The molecular formula is C22H21S2+. The predicted octanol–water partition coefficient (Wildman–Crippen LogP) is 6.37. The highest BCUT2D eigenvalue weighted by molar-refractivity contribution is 8.04. The maximum Gasteiger partial charge on any atom is 0.180 e. The normalized spacial score (nSPS) is 13.4. The number of aryl methyl sites for hydroxylation is 2. The number of benzene rings is 3. The average molecular weight is 350 g/mol. The van der Waals surface area contributed by atoms with Gasteiger partial charge in [0.1, 0.15) is 10.9 Å². The van der Waals surface area contributed by atoms with Gasteiger partial charge in [-0.3, -0.25) is 0 Å². The Hall–Kier alpha value is -1.64. The smallest absolute Gasteiger partial charge is 0.0795 e. The van der Waals surface area contributed by atoms with E-state index < -0.39 is 0 Å². The molecule has 1 aliphatic rings. The summed E-state index contributed by atoms with van der Waals surface area (Å²) in [5, 5.41) is 0. The van der Waals surface area contributed by atoms with Gasteiger partial charge in [-0.2, -0.15) is 0 Å². The lowest BCUT2D eigenvalue weighted by molar-refractivity contribution is 1.02. The van der Waals surface area contributed by atoms with E-state index in [0.29, 0.717) is 0 Å². The van der Waals surface area contributed by atoms with Gasteiger partial charge >= 0.3 is 0 Å². The van der Waals surface area contributed by atoms with Crippen LogP contribution in [0.25, 0.3) is 0 Å². The zero-order valence-corrected chi connectivity index (χ0v) is 15.7. The van der Waals surface area contributed by atoms with Crippen LogP contribution in [0.1, 0.15) is 25.0 Å². The summed E-state index contributed by atoms with van der Waals surface area (Å²) in [6.07, 6.45) is 2.21. The summed E-state index contributed by atoms with van der Waals surface area (Å²) in [6.45, 7) is 4.51. The molecule has 2 heteroatoms. The van der Waals surface area contributed by atoms with Crippen LogP contribution < -0.4 is 0 Å². The van der Waals surface area contributed by atoms with E-state index in [0.717, 1.165) is 12.8 Å². The van der Waals surface area contributed by atoms with Crippen molar-refractivity contribution in [1.82, 2.24) is 0 Å². The van der Waals surface area contributed by atoms with Crippen molar-refractivity contribution in [3.8, 4) is 0 Å². The van der Waals surface area contributed by atoms with Crippen molar-refractivity contribution in [3.05, 3.63) is 77.9 Å². The van der Waals surface area contributed by atoms with Crippen LogP contribution in [0, 0.1) is 0 Å². The van der Waals surface area contributed by atoms with E-state index >= 15 is 0 Å². The van der Waals surface area contributed by atoms with Crippen LogP contribution in [0.4, 0.5) is 0 Å². The molecule has 0 spiro atoms. The molecule has 24 heavy (non-hydrogen) atoms. The minimum absolute atomic E-state index is 0.000888. The zero-order chi connectivity index (χ0) is 16.5. The average Bonchev–Trinajstić information content (AvgIpc) is 2.65. The Bertz CT molecular complexity index is 837. The van der Waals surface area contributed by atoms with Gasteiger partial charge in [0.2, 0.25) is 0 Å². The number of rotatable bonds is 3. The summed E-state index contributed by atoms with van der Waals surface area (Å²) in [6, 6.07) is 24.9. The van der Waals surface area contributed by atoms with Gasteiger partial charge in [-0.25, -0.2) is 0 Å². The van der Waals surface area contributed by atoms with Crippen LogP contribution in [-0.4, -0.2) is 0 Å². The maximum atomic E-state index is 2.45. The number of hydrogen-bond donors (Lipinski definition) is 0. The van der Waals surface area contributed by atoms with E-state index in [-0.39, 0.29) is 10.9 Å². The fraction of sp³-hybridized carbons (Fsp3) is 0.182. The molecule has 0 saturated heterocycles. The summed E-state index contributed by atoms with van der Waals surface area (Å²) in [5.74, 6) is 0. The fourth-order valence-electron chi connectivity index (χ4n) is 3.30. The van der Waals surface area contributed by atoms with Crippen LogP contribution >= 0.6 is 11.8 Å². The standard InChI is InChI=1S/C22H21S2/c1-3-16-13-14-18(15-17(16)4-2)24-21-11-7-5-9-19(21)23-20-10-6-8-12-22(20)24/h5-15H,3-4H2,1-2H3/q+1. The third-order valence-electron chi connectivity index (χ3n) is 4.53. The van der Waals surface area contributed by atoms with Crippen LogP contribution in [0.2, 0.25) is 0 Å². The van der Waals surface area contributed by atoms with E-state index in [1.165, 1.54) is 35.6 Å². The van der Waals surface area contributed by atoms with E-state index in [4.69, 9.17) is 0 Å². The van der Waals surface area contributed by atoms with Gasteiger partial charge in [0.05, 0.1) is 9.79 Å². The molecule has 0 unspecified atom stereocenters. The minimum Gasteiger partial charge on any atom is -0.0795 e. The summed E-state index contributed by atoms with van der Waals surface area (Å²) < 4.78 is 0. The van der Waals surface area contributed by atoms with Gasteiger partial charge in [0, 0.05) is 0 Å². The largest absolute Gasteiger partial charge is 0.180 e. The Balaban J connectivity index is 1.92. The molecule has 3 aromatic rings. The van der Waals surface area contributed by atoms with E-state index in [9.17, 15) is 0 Å². The molecule has 0 nitrogen and oxygen atoms in total. The van der Waals surface area contributed by atoms with Crippen molar-refractivity contribution in [2.24, 2.45) is 0 Å². The van der Waals surface area contributed by atoms with E-state index in [1.807, 2.05) is 11.8 Å². The van der Waals surface area contributed by atoms with Gasteiger partial charge in [0.25, 0.3) is 0 Å². The van der Waals surface area contributed by atoms with Gasteiger partial charge in [-0.1, -0.05) is 55.9 Å². The van der Waals surface area contributed by atoms with Crippen LogP contribution in [-0.2, 0) is 23.7 Å². The summed E-state index contributed by atoms with van der Waals surface area (Å²) >= 11 is 1.91. The van der Waals surface area contributed by atoms with Crippen molar-refractivity contribution in [2.75, 3.05) is 0 Å². The first-order valence-electron chi connectivity index (χ1n) is 8.53. The third kappa shape index (κ3) is 2.68. The molecule has 0 bridgehead atoms.